The number of amides is 4. The first-order chi connectivity index (χ1) is 29.0. The first kappa shape index (κ1) is 40.2. The van der Waals surface area contributed by atoms with Gasteiger partial charge in [-0.25, -0.2) is 9.78 Å². The van der Waals surface area contributed by atoms with E-state index in [0.29, 0.717) is 56.8 Å². The lowest BCUT2D eigenvalue weighted by molar-refractivity contribution is -0.172. The largest absolute Gasteiger partial charge is 0.458 e. The van der Waals surface area contributed by atoms with Gasteiger partial charge in [-0.3, -0.25) is 33.9 Å². The number of rotatable bonds is 15. The molecule has 6 heterocycles. The zero-order chi connectivity index (χ0) is 42.1. The van der Waals surface area contributed by atoms with Gasteiger partial charge in [0.25, 0.3) is 17.4 Å². The molecule has 0 saturated carbocycles. The van der Waals surface area contributed by atoms with Crippen LogP contribution in [0.2, 0.25) is 0 Å². The van der Waals surface area contributed by atoms with Gasteiger partial charge in [0.15, 0.2) is 5.60 Å². The molecule has 15 heteroatoms. The van der Waals surface area contributed by atoms with Crippen LogP contribution < -0.4 is 16.2 Å². The molecule has 5 aromatic rings. The third kappa shape index (κ3) is 7.57. The maximum absolute atomic E-state index is 13.7. The van der Waals surface area contributed by atoms with Gasteiger partial charge >= 0.3 is 5.97 Å². The van der Waals surface area contributed by atoms with E-state index >= 15 is 0 Å². The second-order valence-corrected chi connectivity index (χ2v) is 15.3. The van der Waals surface area contributed by atoms with Gasteiger partial charge in [0.1, 0.15) is 13.3 Å². The Bertz CT molecular complexity index is 2670. The lowest BCUT2D eigenvalue weighted by Crippen LogP contribution is -2.44. The minimum atomic E-state index is -1.89. The number of pyridine rings is 3. The highest BCUT2D eigenvalue weighted by atomic mass is 16.6. The standard InChI is InChI=1S/C45H44N6O9/c1-3-45(58)33-20-36-42-31(23-51(36)43(56)32(33)24-60-44(45)57)26(2)41-30-19-29(21-46-34(30)12-13-35(41)49-42)28-10-8-27(9-11-28)16-18-59-25-48-38(53)22-47-37(52)7-5-4-6-17-50-39(54)14-15-40(50)55/h8-15,19-21,58H,3-7,16-18,22-25H2,1-2H3,(H,47,52)(H,48,53)/t45-/m0/s1. The number of unbranched alkanes of at least 4 members (excludes halogenated alkanes) is 2. The van der Waals surface area contributed by atoms with E-state index in [1.807, 2.05) is 49.5 Å². The number of hydrogen-bond donors (Lipinski definition) is 3. The maximum atomic E-state index is 13.7. The van der Waals surface area contributed by atoms with Crippen molar-refractivity contribution >= 4 is 51.4 Å². The van der Waals surface area contributed by atoms with Gasteiger partial charge < -0.3 is 29.8 Å². The summed E-state index contributed by atoms with van der Waals surface area (Å²) < 4.78 is 12.5. The van der Waals surface area contributed by atoms with Gasteiger partial charge in [-0.15, -0.1) is 0 Å². The molecule has 0 radical (unpaired) electrons. The molecule has 2 aromatic carbocycles. The van der Waals surface area contributed by atoms with E-state index in [4.69, 9.17) is 19.4 Å². The molecule has 15 nitrogen and oxygen atoms in total. The van der Waals surface area contributed by atoms with Gasteiger partial charge in [-0.1, -0.05) is 37.6 Å². The van der Waals surface area contributed by atoms with E-state index < -0.39 is 11.6 Å². The Kier molecular flexibility index (Phi) is 11.1. The summed E-state index contributed by atoms with van der Waals surface area (Å²) in [6.45, 7) is 4.38. The third-order valence-electron chi connectivity index (χ3n) is 11.6. The van der Waals surface area contributed by atoms with Crippen LogP contribution in [0.1, 0.15) is 66.8 Å². The number of cyclic esters (lactones) is 1. The fourth-order valence-electron chi connectivity index (χ4n) is 8.14. The summed E-state index contributed by atoms with van der Waals surface area (Å²) in [5, 5.41) is 18.3. The fourth-order valence-corrected chi connectivity index (χ4v) is 8.14. The molecule has 0 saturated heterocycles. The number of aromatic nitrogens is 3. The number of ether oxygens (including phenoxy) is 2. The number of aliphatic hydroxyl groups is 1. The van der Waals surface area contributed by atoms with Crippen molar-refractivity contribution in [2.45, 2.75) is 71.1 Å². The Balaban J connectivity index is 0.848. The van der Waals surface area contributed by atoms with Gasteiger partial charge in [-0.05, 0) is 73.6 Å². The van der Waals surface area contributed by atoms with Crippen LogP contribution in [0.5, 0.6) is 0 Å². The van der Waals surface area contributed by atoms with Crippen molar-refractivity contribution in [3.05, 3.63) is 105 Å². The summed E-state index contributed by atoms with van der Waals surface area (Å²) in [5.41, 5.74) is 5.97. The first-order valence-corrected chi connectivity index (χ1v) is 20.1. The minimum Gasteiger partial charge on any atom is -0.458 e. The van der Waals surface area contributed by atoms with Crippen molar-refractivity contribution in [3.8, 4) is 22.5 Å². The smallest absolute Gasteiger partial charge is 0.343 e. The van der Waals surface area contributed by atoms with Crippen molar-refractivity contribution in [1.82, 2.24) is 30.1 Å². The predicted molar refractivity (Wildman–Crippen MR) is 220 cm³/mol. The van der Waals surface area contributed by atoms with E-state index in [9.17, 15) is 33.9 Å². The Labute approximate surface area is 344 Å². The van der Waals surface area contributed by atoms with Crippen molar-refractivity contribution in [2.24, 2.45) is 0 Å². The molecular formula is C45H44N6O9. The molecule has 0 spiro atoms. The summed E-state index contributed by atoms with van der Waals surface area (Å²) in [4.78, 5) is 84.8. The Morgan fingerprint density at radius 3 is 2.45 bits per heavy atom. The van der Waals surface area contributed by atoms with E-state index in [0.717, 1.165) is 49.6 Å². The van der Waals surface area contributed by atoms with Crippen LogP contribution >= 0.6 is 0 Å². The molecule has 4 amide bonds. The minimum absolute atomic E-state index is 0.00681. The monoisotopic (exact) mass is 812 g/mol. The van der Waals surface area contributed by atoms with Crippen LogP contribution in [0.3, 0.4) is 0 Å². The average molecular weight is 813 g/mol. The summed E-state index contributed by atoms with van der Waals surface area (Å²) in [7, 11) is 0. The van der Waals surface area contributed by atoms with Crippen LogP contribution in [0.15, 0.2) is 71.7 Å². The van der Waals surface area contributed by atoms with Crippen LogP contribution in [0.4, 0.5) is 0 Å². The number of nitrogens with zero attached hydrogens (tertiary/aromatic N) is 4. The zero-order valence-corrected chi connectivity index (χ0v) is 33.3. The SMILES string of the molecule is CC[C@@]1(O)C(=O)OCc2c1cc1n(c2=O)Cc2c-1nc1ccc3ncc(-c4ccc(CCOCNC(=O)CNC(=O)CCCCCN5C(=O)C=CC5=O)cc4)cc3c1c2C. The first-order valence-electron chi connectivity index (χ1n) is 20.1. The number of imide groups is 1. The topological polar surface area (TPSA) is 199 Å². The lowest BCUT2D eigenvalue weighted by Gasteiger charge is -2.31. The number of esters is 1. The van der Waals surface area contributed by atoms with E-state index in [1.54, 1.807) is 17.6 Å². The van der Waals surface area contributed by atoms with Gasteiger partial charge in [0, 0.05) is 58.8 Å². The highest BCUT2D eigenvalue weighted by Gasteiger charge is 2.45. The average Bonchev–Trinajstić information content (AvgIpc) is 3.79. The molecule has 1 atom stereocenters. The third-order valence-corrected chi connectivity index (χ3v) is 11.6. The molecule has 0 fully saturated rings. The molecule has 308 valence electrons. The number of nitrogens with one attached hydrogen (secondary N) is 2. The highest BCUT2D eigenvalue weighted by molar-refractivity contribution is 6.13. The Morgan fingerprint density at radius 1 is 0.917 bits per heavy atom. The summed E-state index contributed by atoms with van der Waals surface area (Å²) >= 11 is 0. The Morgan fingerprint density at radius 2 is 1.68 bits per heavy atom. The van der Waals surface area contributed by atoms with Gasteiger partial charge in [-0.2, -0.15) is 0 Å². The maximum Gasteiger partial charge on any atom is 0.343 e. The van der Waals surface area contributed by atoms with Crippen LogP contribution in [0.25, 0.3) is 44.3 Å². The van der Waals surface area contributed by atoms with Crippen LogP contribution in [0, 0.1) is 6.92 Å². The second kappa shape index (κ2) is 16.6. The van der Waals surface area contributed by atoms with E-state index in [-0.39, 0.29) is 73.0 Å². The molecule has 0 bridgehead atoms. The second-order valence-electron chi connectivity index (χ2n) is 15.3. The molecule has 0 unspecified atom stereocenters. The predicted octanol–water partition coefficient (Wildman–Crippen LogP) is 3.84. The fraction of sp³-hybridized carbons (Fsp3) is 0.333. The number of hydrogen-bond acceptors (Lipinski definition) is 11. The number of fused-ring (bicyclic) bond motifs is 7. The van der Waals surface area contributed by atoms with E-state index in [2.05, 4.69) is 16.7 Å². The Hall–Kier alpha value is -6.58. The molecule has 3 aromatic heterocycles. The molecular weight excluding hydrogens is 769 g/mol. The molecule has 3 aliphatic rings. The number of carbonyl (C=O) groups excluding carboxylic acids is 5. The zero-order valence-electron chi connectivity index (χ0n) is 33.3. The molecule has 3 N–H and O–H groups in total. The molecule has 8 rings (SSSR count). The number of benzene rings is 2. The van der Waals surface area contributed by atoms with Crippen molar-refractivity contribution in [2.75, 3.05) is 26.4 Å². The van der Waals surface area contributed by atoms with Gasteiger partial charge in [0.2, 0.25) is 11.8 Å². The van der Waals surface area contributed by atoms with Crippen molar-refractivity contribution < 1.29 is 38.6 Å². The molecule has 60 heavy (non-hydrogen) atoms. The number of carbonyl (C=O) groups is 5. The molecule has 0 aliphatic carbocycles. The van der Waals surface area contributed by atoms with Crippen LogP contribution in [-0.4, -0.2) is 80.6 Å². The normalized spacial score (nSPS) is 16.6. The molecule has 3 aliphatic heterocycles. The summed E-state index contributed by atoms with van der Waals surface area (Å²) in [5.74, 6) is -1.99. The lowest BCUT2D eigenvalue weighted by atomic mass is 9.86. The van der Waals surface area contributed by atoms with Crippen LogP contribution in [-0.2, 0) is 58.6 Å². The van der Waals surface area contributed by atoms with Gasteiger partial charge in [0.05, 0.1) is 47.7 Å². The summed E-state index contributed by atoms with van der Waals surface area (Å²) in [6.07, 6.45) is 7.14. The van der Waals surface area contributed by atoms with Crippen molar-refractivity contribution in [3.63, 3.8) is 0 Å². The van der Waals surface area contributed by atoms with Crippen molar-refractivity contribution in [1.29, 1.82) is 0 Å². The van der Waals surface area contributed by atoms with E-state index in [1.165, 1.54) is 17.1 Å². The number of aryl methyl sites for hydroxylation is 1. The quantitative estimate of drug-likeness (QED) is 0.0448. The summed E-state index contributed by atoms with van der Waals surface area (Å²) in [6, 6.07) is 15.8. The highest BCUT2D eigenvalue weighted by Crippen LogP contribution is 2.41.